The summed E-state index contributed by atoms with van der Waals surface area (Å²) < 4.78 is 5.34. The zero-order valence-electron chi connectivity index (χ0n) is 14.7. The molecule has 23 heavy (non-hydrogen) atoms. The third kappa shape index (κ3) is 5.98. The lowest BCUT2D eigenvalue weighted by molar-refractivity contribution is 0.0636. The molecule has 1 fully saturated rings. The number of carbonyl (C=O) groups excluding carboxylic acids is 1. The summed E-state index contributed by atoms with van der Waals surface area (Å²) in [6.45, 7) is 10.2. The Hall–Kier alpha value is -1.36. The van der Waals surface area contributed by atoms with Crippen molar-refractivity contribution in [1.82, 2.24) is 0 Å². The van der Waals surface area contributed by atoms with Crippen molar-refractivity contribution in [3.8, 4) is 0 Å². The molecular weight excluding hydrogens is 308 g/mol. The van der Waals surface area contributed by atoms with Gasteiger partial charge in [0.1, 0.15) is 5.60 Å². The minimum absolute atomic E-state index is 0.341. The number of carbonyl (C=O) groups is 1. The topological polar surface area (TPSA) is 50.4 Å². The molecule has 0 bridgehead atoms. The number of hydrogen-bond acceptors (Lipinski definition) is 4. The maximum absolute atomic E-state index is 12.0. The minimum Gasteiger partial charge on any atom is -0.444 e. The van der Waals surface area contributed by atoms with Gasteiger partial charge in [0.05, 0.1) is 11.4 Å². The Morgan fingerprint density at radius 2 is 1.91 bits per heavy atom. The van der Waals surface area contributed by atoms with E-state index in [9.17, 15) is 4.79 Å². The van der Waals surface area contributed by atoms with E-state index in [1.54, 1.807) is 0 Å². The standard InChI is InChI=1S/C18H28N2O2S/c1-17(2,3)22-16(21)20-15-9-7-6-8-14(15)19-13-10-18(4,5)12-23-11-13/h6-9,13,19H,10-12H2,1-5H3,(H,20,21). The first kappa shape index (κ1) is 18.0. The third-order valence-corrected chi connectivity index (χ3v) is 5.16. The number of benzene rings is 1. The average molecular weight is 337 g/mol. The largest absolute Gasteiger partial charge is 0.444 e. The number of ether oxygens (including phenoxy) is 1. The molecule has 0 spiro atoms. The van der Waals surface area contributed by atoms with E-state index in [0.717, 1.165) is 23.5 Å². The van der Waals surface area contributed by atoms with Gasteiger partial charge in [0.2, 0.25) is 0 Å². The lowest BCUT2D eigenvalue weighted by atomic mass is 9.87. The van der Waals surface area contributed by atoms with Crippen LogP contribution in [0.3, 0.4) is 0 Å². The van der Waals surface area contributed by atoms with Gasteiger partial charge in [0.15, 0.2) is 0 Å². The Bertz CT molecular complexity index is 552. The predicted molar refractivity (Wildman–Crippen MR) is 99.4 cm³/mol. The summed E-state index contributed by atoms with van der Waals surface area (Å²) in [5, 5.41) is 6.43. The van der Waals surface area contributed by atoms with Crippen LogP contribution in [0.5, 0.6) is 0 Å². The van der Waals surface area contributed by atoms with Gasteiger partial charge in [-0.2, -0.15) is 11.8 Å². The second-order valence-corrected chi connectivity index (χ2v) is 8.93. The molecule has 0 radical (unpaired) electrons. The summed E-state index contributed by atoms with van der Waals surface area (Å²) in [6, 6.07) is 8.19. The lowest BCUT2D eigenvalue weighted by Crippen LogP contribution is -2.35. The fourth-order valence-corrected chi connectivity index (χ4v) is 3.98. The fraction of sp³-hybridized carbons (Fsp3) is 0.611. The van der Waals surface area contributed by atoms with E-state index < -0.39 is 11.7 Å². The van der Waals surface area contributed by atoms with Crippen molar-refractivity contribution in [3.05, 3.63) is 24.3 Å². The maximum Gasteiger partial charge on any atom is 0.412 e. The Balaban J connectivity index is 2.04. The summed E-state index contributed by atoms with van der Waals surface area (Å²) in [7, 11) is 0. The van der Waals surface area contributed by atoms with Crippen LogP contribution in [0.25, 0.3) is 0 Å². The first-order valence-corrected chi connectivity index (χ1v) is 9.23. The van der Waals surface area contributed by atoms with Crippen LogP contribution in [0.1, 0.15) is 41.0 Å². The van der Waals surface area contributed by atoms with Crippen LogP contribution >= 0.6 is 11.8 Å². The van der Waals surface area contributed by atoms with Gasteiger partial charge in [-0.1, -0.05) is 26.0 Å². The molecular formula is C18H28N2O2S. The zero-order chi connectivity index (χ0) is 17.1. The summed E-state index contributed by atoms with van der Waals surface area (Å²) in [4.78, 5) is 12.0. The van der Waals surface area contributed by atoms with E-state index >= 15 is 0 Å². The highest BCUT2D eigenvalue weighted by atomic mass is 32.2. The molecule has 2 N–H and O–H groups in total. The van der Waals surface area contributed by atoms with Crippen LogP contribution in [0.15, 0.2) is 24.3 Å². The number of nitrogens with one attached hydrogen (secondary N) is 2. The summed E-state index contributed by atoms with van der Waals surface area (Å²) in [5.41, 5.74) is 1.54. The minimum atomic E-state index is -0.503. The van der Waals surface area contributed by atoms with Crippen molar-refractivity contribution in [2.75, 3.05) is 22.1 Å². The van der Waals surface area contributed by atoms with Crippen molar-refractivity contribution < 1.29 is 9.53 Å². The molecule has 1 unspecified atom stereocenters. The first-order chi connectivity index (χ1) is 10.6. The van der Waals surface area contributed by atoms with Gasteiger partial charge in [-0.05, 0) is 50.5 Å². The molecule has 4 nitrogen and oxygen atoms in total. The number of thioether (sulfide) groups is 1. The van der Waals surface area contributed by atoms with Gasteiger partial charge in [-0.15, -0.1) is 0 Å². The number of hydrogen-bond donors (Lipinski definition) is 2. The molecule has 0 saturated carbocycles. The zero-order valence-corrected chi connectivity index (χ0v) is 15.5. The molecule has 1 atom stereocenters. The number of para-hydroxylation sites is 2. The molecule has 0 aliphatic carbocycles. The van der Waals surface area contributed by atoms with Crippen LogP contribution in [0.2, 0.25) is 0 Å². The van der Waals surface area contributed by atoms with Crippen LogP contribution in [0, 0.1) is 5.41 Å². The van der Waals surface area contributed by atoms with Gasteiger partial charge in [-0.3, -0.25) is 5.32 Å². The van der Waals surface area contributed by atoms with Crippen molar-refractivity contribution in [2.24, 2.45) is 5.41 Å². The fourth-order valence-electron chi connectivity index (χ4n) is 2.71. The number of anilines is 2. The molecule has 128 valence electrons. The van der Waals surface area contributed by atoms with Crippen LogP contribution in [-0.2, 0) is 4.74 Å². The van der Waals surface area contributed by atoms with Crippen LogP contribution in [0.4, 0.5) is 16.2 Å². The van der Waals surface area contributed by atoms with E-state index in [-0.39, 0.29) is 0 Å². The van der Waals surface area contributed by atoms with E-state index in [2.05, 4.69) is 24.5 Å². The highest BCUT2D eigenvalue weighted by molar-refractivity contribution is 7.99. The Morgan fingerprint density at radius 1 is 1.26 bits per heavy atom. The Kier molecular flexibility index (Phi) is 5.50. The average Bonchev–Trinajstić information content (AvgIpc) is 2.37. The molecule has 0 aromatic heterocycles. The SMILES string of the molecule is CC1(C)CSCC(Nc2ccccc2NC(=O)OC(C)(C)C)C1. The van der Waals surface area contributed by atoms with Crippen molar-refractivity contribution in [2.45, 2.75) is 52.7 Å². The number of amides is 1. The molecule has 1 aliphatic rings. The number of rotatable bonds is 3. The molecule has 1 aromatic carbocycles. The molecule has 1 heterocycles. The first-order valence-electron chi connectivity index (χ1n) is 8.08. The van der Waals surface area contributed by atoms with Crippen molar-refractivity contribution in [3.63, 3.8) is 0 Å². The molecule has 1 saturated heterocycles. The second kappa shape index (κ2) is 7.04. The third-order valence-electron chi connectivity index (χ3n) is 3.53. The smallest absolute Gasteiger partial charge is 0.412 e. The Labute approximate surface area is 143 Å². The van der Waals surface area contributed by atoms with E-state index in [4.69, 9.17) is 4.74 Å². The summed E-state index contributed by atoms with van der Waals surface area (Å²) in [5.74, 6) is 2.28. The van der Waals surface area contributed by atoms with Crippen LogP contribution in [-0.4, -0.2) is 29.2 Å². The van der Waals surface area contributed by atoms with Gasteiger partial charge >= 0.3 is 6.09 Å². The second-order valence-electron chi connectivity index (χ2n) is 7.90. The predicted octanol–water partition coefficient (Wildman–Crippen LogP) is 4.98. The molecule has 1 amide bonds. The molecule has 5 heteroatoms. The van der Waals surface area contributed by atoms with E-state index in [1.807, 2.05) is 56.8 Å². The van der Waals surface area contributed by atoms with Gasteiger partial charge in [0.25, 0.3) is 0 Å². The van der Waals surface area contributed by atoms with Gasteiger partial charge in [-0.25, -0.2) is 4.79 Å². The monoisotopic (exact) mass is 336 g/mol. The highest BCUT2D eigenvalue weighted by Crippen LogP contribution is 2.35. The van der Waals surface area contributed by atoms with E-state index in [0.29, 0.717) is 11.5 Å². The lowest BCUT2D eigenvalue weighted by Gasteiger charge is -2.36. The summed E-state index contributed by atoms with van der Waals surface area (Å²) >= 11 is 1.98. The van der Waals surface area contributed by atoms with Crippen molar-refractivity contribution >= 4 is 29.2 Å². The highest BCUT2D eigenvalue weighted by Gasteiger charge is 2.28. The molecule has 2 rings (SSSR count). The quantitative estimate of drug-likeness (QED) is 0.817. The normalized spacial score (nSPS) is 20.7. The molecule has 1 aromatic rings. The van der Waals surface area contributed by atoms with Gasteiger partial charge < -0.3 is 10.1 Å². The Morgan fingerprint density at radius 3 is 2.52 bits per heavy atom. The van der Waals surface area contributed by atoms with E-state index in [1.165, 1.54) is 5.75 Å². The summed E-state index contributed by atoms with van der Waals surface area (Å²) in [6.07, 6.45) is 0.700. The van der Waals surface area contributed by atoms with Crippen LogP contribution < -0.4 is 10.6 Å². The molecule has 1 aliphatic heterocycles. The maximum atomic E-state index is 12.0. The van der Waals surface area contributed by atoms with Crippen molar-refractivity contribution in [1.29, 1.82) is 0 Å². The van der Waals surface area contributed by atoms with Gasteiger partial charge in [0, 0.05) is 11.8 Å².